The first-order valence-corrected chi connectivity index (χ1v) is 3.43. The van der Waals surface area contributed by atoms with Crippen LogP contribution in [0.2, 0.25) is 0 Å². The van der Waals surface area contributed by atoms with Crippen LogP contribution in [-0.4, -0.2) is 4.98 Å². The van der Waals surface area contributed by atoms with E-state index in [1.807, 2.05) is 18.3 Å². The molecule has 1 rings (SSSR count). The van der Waals surface area contributed by atoms with Crippen molar-refractivity contribution in [1.29, 1.82) is 0 Å². The van der Waals surface area contributed by atoms with E-state index in [1.165, 1.54) is 11.1 Å². The molecule has 0 fully saturated rings. The molecule has 1 nitrogen and oxygen atoms in total. The smallest absolute Gasteiger partial charge is 0.0305 e. The van der Waals surface area contributed by atoms with Crippen molar-refractivity contribution in [3.05, 3.63) is 36.2 Å². The Morgan fingerprint density at radius 1 is 1.70 bits per heavy atom. The summed E-state index contributed by atoms with van der Waals surface area (Å²) in [6.45, 7) is 5.83. The standard InChI is InChI=1S/C9H11N/c1-3-8-5-6-10-7-9(8)4-2/h3,5-7H,1,4H2,2H3. The highest BCUT2D eigenvalue weighted by Gasteiger charge is 1.92. The summed E-state index contributed by atoms with van der Waals surface area (Å²) in [4.78, 5) is 4.02. The van der Waals surface area contributed by atoms with Crippen molar-refractivity contribution in [2.24, 2.45) is 0 Å². The lowest BCUT2D eigenvalue weighted by molar-refractivity contribution is 1.10. The number of aromatic nitrogens is 1. The average Bonchev–Trinajstić information content (AvgIpc) is 2.04. The highest BCUT2D eigenvalue weighted by Crippen LogP contribution is 2.07. The lowest BCUT2D eigenvalue weighted by atomic mass is 10.1. The van der Waals surface area contributed by atoms with Crippen LogP contribution >= 0.6 is 0 Å². The molecule has 0 radical (unpaired) electrons. The lowest BCUT2D eigenvalue weighted by Gasteiger charge is -1.98. The molecule has 10 heavy (non-hydrogen) atoms. The molecule has 1 aromatic rings. The molecule has 0 spiro atoms. The van der Waals surface area contributed by atoms with Crippen molar-refractivity contribution in [2.45, 2.75) is 13.3 Å². The van der Waals surface area contributed by atoms with Crippen molar-refractivity contribution in [3.63, 3.8) is 0 Å². The Bertz CT molecular complexity index is 228. The summed E-state index contributed by atoms with van der Waals surface area (Å²) in [7, 11) is 0. The summed E-state index contributed by atoms with van der Waals surface area (Å²) in [6.07, 6.45) is 6.56. The molecule has 0 saturated carbocycles. The maximum Gasteiger partial charge on any atom is 0.0305 e. The number of aryl methyl sites for hydroxylation is 1. The monoisotopic (exact) mass is 133 g/mol. The van der Waals surface area contributed by atoms with Crippen molar-refractivity contribution in [2.75, 3.05) is 0 Å². The third-order valence-corrected chi connectivity index (χ3v) is 1.54. The summed E-state index contributed by atoms with van der Waals surface area (Å²) >= 11 is 0. The Balaban J connectivity index is 3.08. The van der Waals surface area contributed by atoms with Crippen LogP contribution in [0.25, 0.3) is 6.08 Å². The maximum absolute atomic E-state index is 4.02. The molecular formula is C9H11N. The van der Waals surface area contributed by atoms with Gasteiger partial charge in [0.15, 0.2) is 0 Å². The van der Waals surface area contributed by atoms with Crippen LogP contribution in [0.3, 0.4) is 0 Å². The summed E-state index contributed by atoms with van der Waals surface area (Å²) in [5, 5.41) is 0. The van der Waals surface area contributed by atoms with E-state index < -0.39 is 0 Å². The normalized spacial score (nSPS) is 9.30. The quantitative estimate of drug-likeness (QED) is 0.603. The number of pyridine rings is 1. The predicted molar refractivity (Wildman–Crippen MR) is 43.7 cm³/mol. The maximum atomic E-state index is 4.02. The lowest BCUT2D eigenvalue weighted by Crippen LogP contribution is -1.85. The van der Waals surface area contributed by atoms with E-state index in [0.29, 0.717) is 0 Å². The highest BCUT2D eigenvalue weighted by atomic mass is 14.6. The van der Waals surface area contributed by atoms with E-state index in [1.54, 1.807) is 6.20 Å². The molecule has 0 saturated heterocycles. The minimum absolute atomic E-state index is 1.02. The van der Waals surface area contributed by atoms with Gasteiger partial charge in [-0.05, 0) is 23.6 Å². The molecule has 52 valence electrons. The fourth-order valence-corrected chi connectivity index (χ4v) is 0.932. The molecule has 0 amide bonds. The van der Waals surface area contributed by atoms with Crippen LogP contribution in [0, 0.1) is 0 Å². The van der Waals surface area contributed by atoms with Gasteiger partial charge in [-0.25, -0.2) is 0 Å². The van der Waals surface area contributed by atoms with Gasteiger partial charge in [0.2, 0.25) is 0 Å². The molecule has 0 bridgehead atoms. The van der Waals surface area contributed by atoms with Crippen LogP contribution in [0.15, 0.2) is 25.0 Å². The van der Waals surface area contributed by atoms with Gasteiger partial charge < -0.3 is 0 Å². The predicted octanol–water partition coefficient (Wildman–Crippen LogP) is 2.29. The van der Waals surface area contributed by atoms with E-state index in [4.69, 9.17) is 0 Å². The minimum atomic E-state index is 1.02. The first-order chi connectivity index (χ1) is 4.88. The zero-order valence-electron chi connectivity index (χ0n) is 6.17. The molecule has 0 aliphatic carbocycles. The van der Waals surface area contributed by atoms with Crippen molar-refractivity contribution in [1.82, 2.24) is 4.98 Å². The van der Waals surface area contributed by atoms with Gasteiger partial charge in [-0.1, -0.05) is 19.6 Å². The highest BCUT2D eigenvalue weighted by molar-refractivity contribution is 5.50. The molecule has 0 atom stereocenters. The van der Waals surface area contributed by atoms with Crippen LogP contribution in [-0.2, 0) is 6.42 Å². The Kier molecular flexibility index (Phi) is 2.21. The SMILES string of the molecule is C=Cc1ccncc1CC. The summed E-state index contributed by atoms with van der Waals surface area (Å²) < 4.78 is 0. The summed E-state index contributed by atoms with van der Waals surface area (Å²) in [5.74, 6) is 0. The van der Waals surface area contributed by atoms with Gasteiger partial charge in [0.25, 0.3) is 0 Å². The largest absolute Gasteiger partial charge is 0.264 e. The third-order valence-electron chi connectivity index (χ3n) is 1.54. The van der Waals surface area contributed by atoms with Gasteiger partial charge in [-0.2, -0.15) is 0 Å². The van der Waals surface area contributed by atoms with E-state index >= 15 is 0 Å². The Labute approximate surface area is 61.4 Å². The molecule has 0 aromatic carbocycles. The topological polar surface area (TPSA) is 12.9 Å². The third kappa shape index (κ3) is 1.24. The Hall–Kier alpha value is -1.11. The summed E-state index contributed by atoms with van der Waals surface area (Å²) in [6, 6.07) is 1.98. The number of rotatable bonds is 2. The second-order valence-corrected chi connectivity index (χ2v) is 2.13. The van der Waals surface area contributed by atoms with Crippen LogP contribution in [0.1, 0.15) is 18.1 Å². The van der Waals surface area contributed by atoms with Gasteiger partial charge in [-0.3, -0.25) is 4.98 Å². The number of nitrogens with zero attached hydrogens (tertiary/aromatic N) is 1. The zero-order chi connectivity index (χ0) is 7.40. The molecular weight excluding hydrogens is 122 g/mol. The van der Waals surface area contributed by atoms with E-state index in [2.05, 4.69) is 18.5 Å². The Morgan fingerprint density at radius 3 is 3.00 bits per heavy atom. The molecule has 0 N–H and O–H groups in total. The van der Waals surface area contributed by atoms with Gasteiger partial charge in [-0.15, -0.1) is 0 Å². The molecule has 1 heteroatoms. The second-order valence-electron chi connectivity index (χ2n) is 2.13. The van der Waals surface area contributed by atoms with E-state index in [0.717, 1.165) is 6.42 Å². The van der Waals surface area contributed by atoms with Gasteiger partial charge in [0, 0.05) is 12.4 Å². The van der Waals surface area contributed by atoms with Crippen molar-refractivity contribution in [3.8, 4) is 0 Å². The minimum Gasteiger partial charge on any atom is -0.264 e. The fraction of sp³-hybridized carbons (Fsp3) is 0.222. The first-order valence-electron chi connectivity index (χ1n) is 3.43. The van der Waals surface area contributed by atoms with Crippen LogP contribution < -0.4 is 0 Å². The fourth-order valence-electron chi connectivity index (χ4n) is 0.932. The molecule has 0 aliphatic heterocycles. The van der Waals surface area contributed by atoms with E-state index in [-0.39, 0.29) is 0 Å². The molecule has 0 aliphatic rings. The van der Waals surface area contributed by atoms with Crippen LogP contribution in [0.4, 0.5) is 0 Å². The molecule has 0 unspecified atom stereocenters. The van der Waals surface area contributed by atoms with Gasteiger partial charge in [0.05, 0.1) is 0 Å². The summed E-state index contributed by atoms with van der Waals surface area (Å²) in [5.41, 5.74) is 2.45. The number of hydrogen-bond acceptors (Lipinski definition) is 1. The molecule has 1 heterocycles. The Morgan fingerprint density at radius 2 is 2.50 bits per heavy atom. The van der Waals surface area contributed by atoms with E-state index in [9.17, 15) is 0 Å². The van der Waals surface area contributed by atoms with Gasteiger partial charge in [0.1, 0.15) is 0 Å². The van der Waals surface area contributed by atoms with Gasteiger partial charge >= 0.3 is 0 Å². The zero-order valence-corrected chi connectivity index (χ0v) is 6.17. The first kappa shape index (κ1) is 7.00. The number of hydrogen-bond donors (Lipinski definition) is 0. The molecule has 1 aromatic heterocycles. The van der Waals surface area contributed by atoms with Crippen LogP contribution in [0.5, 0.6) is 0 Å². The van der Waals surface area contributed by atoms with Crippen molar-refractivity contribution < 1.29 is 0 Å². The van der Waals surface area contributed by atoms with Crippen molar-refractivity contribution >= 4 is 6.08 Å². The average molecular weight is 133 g/mol. The second kappa shape index (κ2) is 3.16.